The van der Waals surface area contributed by atoms with Crippen molar-refractivity contribution in [2.24, 2.45) is 0 Å². The first-order chi connectivity index (χ1) is 14.9. The minimum atomic E-state index is -3.66. The Bertz CT molecular complexity index is 870. The summed E-state index contributed by atoms with van der Waals surface area (Å²) in [6.45, 7) is 12.9. The highest BCUT2D eigenvalue weighted by Crippen LogP contribution is 2.23. The maximum absolute atomic E-state index is 12.5. The van der Waals surface area contributed by atoms with Crippen LogP contribution >= 0.6 is 0 Å². The van der Waals surface area contributed by atoms with E-state index in [0.717, 1.165) is 12.0 Å². The quantitative estimate of drug-likeness (QED) is 0.577. The Kier molecular flexibility index (Phi) is 9.24. The van der Waals surface area contributed by atoms with E-state index in [1.165, 1.54) is 0 Å². The molecule has 180 valence electrons. The molecule has 0 spiro atoms. The summed E-state index contributed by atoms with van der Waals surface area (Å²) in [5.41, 5.74) is 1.01. The van der Waals surface area contributed by atoms with Gasteiger partial charge in [0.15, 0.2) is 0 Å². The Hall–Kier alpha value is -1.97. The van der Waals surface area contributed by atoms with E-state index in [-0.39, 0.29) is 41.1 Å². The molecule has 2 amide bonds. The third-order valence-corrected chi connectivity index (χ3v) is 7.25. The van der Waals surface area contributed by atoms with Crippen LogP contribution in [-0.2, 0) is 25.0 Å². The summed E-state index contributed by atoms with van der Waals surface area (Å²) in [5.74, 6) is -0.0800. The van der Waals surface area contributed by atoms with Gasteiger partial charge < -0.3 is 10.2 Å². The molecule has 1 saturated heterocycles. The lowest BCUT2D eigenvalue weighted by Gasteiger charge is -2.34. The number of amides is 2. The maximum Gasteiger partial charge on any atom is 0.240 e. The van der Waals surface area contributed by atoms with Crippen LogP contribution in [0.4, 0.5) is 0 Å². The second-order valence-electron chi connectivity index (χ2n) is 9.46. The van der Waals surface area contributed by atoms with Gasteiger partial charge in [0.25, 0.3) is 0 Å². The summed E-state index contributed by atoms with van der Waals surface area (Å²) in [6, 6.07) is 7.00. The fourth-order valence-electron chi connectivity index (χ4n) is 3.45. The van der Waals surface area contributed by atoms with Gasteiger partial charge in [-0.2, -0.15) is 0 Å². The number of carbonyl (C=O) groups excluding carboxylic acids is 2. The third-order valence-electron chi connectivity index (χ3n) is 5.77. The van der Waals surface area contributed by atoms with Gasteiger partial charge in [0.05, 0.1) is 11.4 Å². The highest BCUT2D eigenvalue weighted by atomic mass is 32.2. The lowest BCUT2D eigenvalue weighted by Crippen LogP contribution is -2.52. The highest BCUT2D eigenvalue weighted by Gasteiger charge is 2.23. The van der Waals surface area contributed by atoms with E-state index in [0.29, 0.717) is 32.7 Å². The molecule has 1 aliphatic heterocycles. The van der Waals surface area contributed by atoms with Crippen molar-refractivity contribution in [2.75, 3.05) is 39.3 Å². The average molecular weight is 467 g/mol. The number of sulfonamides is 1. The molecule has 1 unspecified atom stereocenters. The van der Waals surface area contributed by atoms with E-state index < -0.39 is 10.0 Å². The molecule has 0 aromatic heterocycles. The van der Waals surface area contributed by atoms with Gasteiger partial charge in [0, 0.05) is 45.2 Å². The van der Waals surface area contributed by atoms with Crippen molar-refractivity contribution in [2.45, 2.75) is 63.8 Å². The third kappa shape index (κ3) is 7.86. The molecule has 2 N–H and O–H groups in total. The van der Waals surface area contributed by atoms with Crippen LogP contribution in [0.3, 0.4) is 0 Å². The van der Waals surface area contributed by atoms with Crippen LogP contribution < -0.4 is 10.0 Å². The Morgan fingerprint density at radius 2 is 1.66 bits per heavy atom. The SMILES string of the molecule is CCC(C)NC(=O)CN1CCN(C(=O)CCNS(=O)(=O)c2ccc(C(C)(C)C)cc2)CC1. The Balaban J connectivity index is 1.76. The predicted molar refractivity (Wildman–Crippen MR) is 126 cm³/mol. The van der Waals surface area contributed by atoms with Crippen molar-refractivity contribution in [3.63, 3.8) is 0 Å². The number of nitrogens with one attached hydrogen (secondary N) is 2. The summed E-state index contributed by atoms with van der Waals surface area (Å²) in [4.78, 5) is 28.5. The van der Waals surface area contributed by atoms with Crippen LogP contribution in [0.25, 0.3) is 0 Å². The largest absolute Gasteiger partial charge is 0.353 e. The first-order valence-corrected chi connectivity index (χ1v) is 12.8. The summed E-state index contributed by atoms with van der Waals surface area (Å²) in [7, 11) is -3.66. The second kappa shape index (κ2) is 11.2. The van der Waals surface area contributed by atoms with Crippen LogP contribution in [0.1, 0.15) is 53.0 Å². The molecular formula is C23H38N4O4S. The second-order valence-corrected chi connectivity index (χ2v) is 11.2. The standard InChI is InChI=1S/C23H38N4O4S/c1-6-18(2)25-21(28)17-26-13-15-27(16-14-26)22(29)11-12-24-32(30,31)20-9-7-19(8-10-20)23(3,4)5/h7-10,18,24H,6,11-17H2,1-5H3,(H,25,28). The van der Waals surface area contributed by atoms with Crippen molar-refractivity contribution < 1.29 is 18.0 Å². The maximum atomic E-state index is 12.5. The van der Waals surface area contributed by atoms with Gasteiger partial charge in [-0.3, -0.25) is 14.5 Å². The molecule has 8 nitrogen and oxygen atoms in total. The number of piperazine rings is 1. The van der Waals surface area contributed by atoms with Crippen molar-refractivity contribution in [1.82, 2.24) is 19.8 Å². The van der Waals surface area contributed by atoms with Gasteiger partial charge in [-0.15, -0.1) is 0 Å². The van der Waals surface area contributed by atoms with Crippen molar-refractivity contribution >= 4 is 21.8 Å². The van der Waals surface area contributed by atoms with Gasteiger partial charge in [-0.05, 0) is 36.5 Å². The molecule has 32 heavy (non-hydrogen) atoms. The van der Waals surface area contributed by atoms with Gasteiger partial charge in [0.2, 0.25) is 21.8 Å². The van der Waals surface area contributed by atoms with E-state index in [2.05, 4.69) is 30.8 Å². The molecule has 1 aromatic rings. The first-order valence-electron chi connectivity index (χ1n) is 11.3. The molecular weight excluding hydrogens is 428 g/mol. The van der Waals surface area contributed by atoms with Crippen molar-refractivity contribution in [1.29, 1.82) is 0 Å². The summed E-state index contributed by atoms with van der Waals surface area (Å²) < 4.78 is 27.6. The zero-order chi connectivity index (χ0) is 23.9. The van der Waals surface area contributed by atoms with E-state index in [1.807, 2.05) is 30.9 Å². The lowest BCUT2D eigenvalue weighted by molar-refractivity contribution is -0.133. The fraction of sp³-hybridized carbons (Fsp3) is 0.652. The highest BCUT2D eigenvalue weighted by molar-refractivity contribution is 7.89. The molecule has 1 aliphatic rings. The topological polar surface area (TPSA) is 98.8 Å². The van der Waals surface area contributed by atoms with E-state index in [4.69, 9.17) is 0 Å². The van der Waals surface area contributed by atoms with E-state index >= 15 is 0 Å². The minimum absolute atomic E-state index is 0.00376. The number of carbonyl (C=O) groups is 2. The van der Waals surface area contributed by atoms with Crippen molar-refractivity contribution in [3.8, 4) is 0 Å². The molecule has 0 bridgehead atoms. The number of nitrogens with zero attached hydrogens (tertiary/aromatic N) is 2. The van der Waals surface area contributed by atoms with Crippen LogP contribution in [0.15, 0.2) is 29.2 Å². The first kappa shape index (κ1) is 26.3. The molecule has 1 fully saturated rings. The van der Waals surface area contributed by atoms with Gasteiger partial charge in [0.1, 0.15) is 0 Å². The van der Waals surface area contributed by atoms with Crippen LogP contribution in [-0.4, -0.2) is 75.3 Å². The van der Waals surface area contributed by atoms with Crippen molar-refractivity contribution in [3.05, 3.63) is 29.8 Å². The number of rotatable bonds is 9. The van der Waals surface area contributed by atoms with Gasteiger partial charge in [-0.25, -0.2) is 13.1 Å². The number of hydrogen-bond acceptors (Lipinski definition) is 5. The summed E-state index contributed by atoms with van der Waals surface area (Å²) >= 11 is 0. The van der Waals surface area contributed by atoms with E-state index in [1.54, 1.807) is 17.0 Å². The lowest BCUT2D eigenvalue weighted by atomic mass is 9.87. The number of hydrogen-bond donors (Lipinski definition) is 2. The van der Waals surface area contributed by atoms with Crippen LogP contribution in [0.5, 0.6) is 0 Å². The fourth-order valence-corrected chi connectivity index (χ4v) is 4.48. The zero-order valence-corrected chi connectivity index (χ0v) is 20.8. The van der Waals surface area contributed by atoms with Gasteiger partial charge in [-0.1, -0.05) is 39.8 Å². The average Bonchev–Trinajstić information content (AvgIpc) is 2.73. The predicted octanol–water partition coefficient (Wildman–Crippen LogP) is 1.71. The molecule has 1 atom stereocenters. The monoisotopic (exact) mass is 466 g/mol. The smallest absolute Gasteiger partial charge is 0.240 e. The van der Waals surface area contributed by atoms with E-state index in [9.17, 15) is 18.0 Å². The number of benzene rings is 1. The Morgan fingerprint density at radius 3 is 2.19 bits per heavy atom. The zero-order valence-electron chi connectivity index (χ0n) is 20.0. The molecule has 0 aliphatic carbocycles. The minimum Gasteiger partial charge on any atom is -0.353 e. The molecule has 1 aromatic carbocycles. The molecule has 2 rings (SSSR count). The van der Waals surface area contributed by atoms with Crippen LogP contribution in [0.2, 0.25) is 0 Å². The Labute approximate surface area is 192 Å². The molecule has 1 heterocycles. The normalized spacial score (nSPS) is 16.6. The summed E-state index contributed by atoms with van der Waals surface area (Å²) in [5, 5.41) is 2.95. The Morgan fingerprint density at radius 1 is 1.06 bits per heavy atom. The van der Waals surface area contributed by atoms with Crippen LogP contribution in [0, 0.1) is 0 Å². The molecule has 0 radical (unpaired) electrons. The molecule has 0 saturated carbocycles. The molecule has 9 heteroatoms. The summed E-state index contributed by atoms with van der Waals surface area (Å²) in [6.07, 6.45) is 0.994. The van der Waals surface area contributed by atoms with Gasteiger partial charge >= 0.3 is 0 Å².